The lowest BCUT2D eigenvalue weighted by Crippen LogP contribution is -2.33. The SMILES string of the molecule is Cc1ccc2c(c1)c(-c1ccccc1OC(F)(F)F)c1cc(F)ccc1[n+]2-c1ccc(P)cc1. The number of benzene rings is 4. The van der Waals surface area contributed by atoms with Gasteiger partial charge in [-0.3, -0.25) is 0 Å². The summed E-state index contributed by atoms with van der Waals surface area (Å²) in [4.78, 5) is 0. The minimum absolute atomic E-state index is 0.235. The molecule has 0 N–H and O–H groups in total. The van der Waals surface area contributed by atoms with Gasteiger partial charge in [-0.1, -0.05) is 29.8 Å². The van der Waals surface area contributed by atoms with Gasteiger partial charge in [0.25, 0.3) is 0 Å². The van der Waals surface area contributed by atoms with Crippen molar-refractivity contribution in [3.63, 3.8) is 0 Å². The zero-order chi connectivity index (χ0) is 24.0. The van der Waals surface area contributed by atoms with Gasteiger partial charge < -0.3 is 4.74 Å². The number of nitrogens with zero attached hydrogens (tertiary/aromatic N) is 1. The molecule has 0 radical (unpaired) electrons. The lowest BCUT2D eigenvalue weighted by molar-refractivity contribution is -0.537. The van der Waals surface area contributed by atoms with Crippen LogP contribution in [-0.4, -0.2) is 6.36 Å². The van der Waals surface area contributed by atoms with Crippen LogP contribution in [0.3, 0.4) is 0 Å². The molecule has 2 nitrogen and oxygen atoms in total. The second-order valence-corrected chi connectivity index (χ2v) is 8.69. The van der Waals surface area contributed by atoms with E-state index in [1.807, 2.05) is 54.0 Å². The number of fused-ring (bicyclic) bond motifs is 2. The predicted octanol–water partition coefficient (Wildman–Crippen LogP) is 6.78. The predicted molar refractivity (Wildman–Crippen MR) is 129 cm³/mol. The largest absolute Gasteiger partial charge is 0.573 e. The third kappa shape index (κ3) is 4.10. The van der Waals surface area contributed by atoms with Gasteiger partial charge in [0.2, 0.25) is 16.7 Å². The van der Waals surface area contributed by atoms with Crippen molar-refractivity contribution in [3.05, 3.63) is 96.3 Å². The van der Waals surface area contributed by atoms with E-state index in [-0.39, 0.29) is 11.3 Å². The monoisotopic (exact) mass is 480 g/mol. The van der Waals surface area contributed by atoms with Crippen molar-refractivity contribution < 1.29 is 26.9 Å². The summed E-state index contributed by atoms with van der Waals surface area (Å²) >= 11 is 0. The molecule has 0 bridgehead atoms. The first kappa shape index (κ1) is 22.3. The van der Waals surface area contributed by atoms with E-state index in [4.69, 9.17) is 0 Å². The van der Waals surface area contributed by atoms with Crippen molar-refractivity contribution in [2.24, 2.45) is 0 Å². The average Bonchev–Trinajstić information content (AvgIpc) is 2.78. The first-order valence-electron chi connectivity index (χ1n) is 10.5. The Labute approximate surface area is 195 Å². The van der Waals surface area contributed by atoms with Crippen molar-refractivity contribution in [2.75, 3.05) is 0 Å². The fourth-order valence-electron chi connectivity index (χ4n) is 4.30. The first-order chi connectivity index (χ1) is 16.2. The van der Waals surface area contributed by atoms with Crippen LogP contribution in [0.1, 0.15) is 5.56 Å². The quantitative estimate of drug-likeness (QED) is 0.120. The number of rotatable bonds is 3. The van der Waals surface area contributed by atoms with Crippen LogP contribution in [0, 0.1) is 12.7 Å². The topological polar surface area (TPSA) is 13.1 Å². The van der Waals surface area contributed by atoms with Crippen molar-refractivity contribution >= 4 is 36.4 Å². The molecule has 34 heavy (non-hydrogen) atoms. The summed E-state index contributed by atoms with van der Waals surface area (Å²) in [7, 11) is 2.64. The molecule has 0 saturated heterocycles. The Bertz CT molecular complexity index is 1480. The van der Waals surface area contributed by atoms with E-state index in [0.29, 0.717) is 21.9 Å². The zero-order valence-electron chi connectivity index (χ0n) is 18.0. The van der Waals surface area contributed by atoms with Crippen molar-refractivity contribution in [3.8, 4) is 22.6 Å². The molecule has 1 aromatic heterocycles. The van der Waals surface area contributed by atoms with Gasteiger partial charge in [-0.15, -0.1) is 22.4 Å². The van der Waals surface area contributed by atoms with E-state index in [1.165, 1.54) is 24.3 Å². The van der Waals surface area contributed by atoms with E-state index >= 15 is 0 Å². The van der Waals surface area contributed by atoms with E-state index in [9.17, 15) is 17.6 Å². The molecule has 7 heteroatoms. The summed E-state index contributed by atoms with van der Waals surface area (Å²) in [6.07, 6.45) is -4.86. The molecule has 0 spiro atoms. The standard InChI is InChI=1S/C27H19F4NOP/c1-16-6-12-23-21(14-16)26(20-4-2-3-5-25(20)33-27(29,30)31)22-15-17(28)7-13-24(22)32(23)18-8-10-19(34)11-9-18/h2-15H,34H2,1H3/q+1. The molecule has 5 rings (SSSR count). The van der Waals surface area contributed by atoms with E-state index in [1.54, 1.807) is 18.2 Å². The second-order valence-electron chi connectivity index (χ2n) is 8.03. The van der Waals surface area contributed by atoms with Crippen molar-refractivity contribution in [2.45, 2.75) is 13.3 Å². The maximum absolute atomic E-state index is 14.5. The number of halogens is 4. The van der Waals surface area contributed by atoms with Crippen LogP contribution >= 0.6 is 9.24 Å². The normalized spacial score (nSPS) is 11.8. The molecule has 0 aliphatic rings. The number of aromatic nitrogens is 1. The third-order valence-corrected chi connectivity index (χ3v) is 6.05. The molecule has 4 aromatic carbocycles. The fraction of sp³-hybridized carbons (Fsp3) is 0.0741. The molecule has 1 atom stereocenters. The highest BCUT2D eigenvalue weighted by Crippen LogP contribution is 2.41. The smallest absolute Gasteiger partial charge is 0.405 e. The van der Waals surface area contributed by atoms with Crippen LogP contribution in [0.15, 0.2) is 84.9 Å². The van der Waals surface area contributed by atoms with Crippen LogP contribution in [-0.2, 0) is 0 Å². The molecule has 0 amide bonds. The maximum Gasteiger partial charge on any atom is 0.573 e. The van der Waals surface area contributed by atoms with Gasteiger partial charge in [-0.25, -0.2) is 4.39 Å². The molecular weight excluding hydrogens is 461 g/mol. The Morgan fingerprint density at radius 2 is 1.44 bits per heavy atom. The summed E-state index contributed by atoms with van der Waals surface area (Å²) in [6, 6.07) is 23.9. The summed E-state index contributed by atoms with van der Waals surface area (Å²) in [5, 5.41) is 2.17. The highest BCUT2D eigenvalue weighted by molar-refractivity contribution is 7.27. The van der Waals surface area contributed by atoms with E-state index < -0.39 is 12.2 Å². The van der Waals surface area contributed by atoms with E-state index in [0.717, 1.165) is 22.1 Å². The number of pyridine rings is 1. The molecule has 0 aliphatic carbocycles. The van der Waals surface area contributed by atoms with Gasteiger partial charge in [0.1, 0.15) is 11.6 Å². The highest BCUT2D eigenvalue weighted by atomic mass is 31.0. The van der Waals surface area contributed by atoms with Crippen molar-refractivity contribution in [1.29, 1.82) is 0 Å². The maximum atomic E-state index is 14.5. The van der Waals surface area contributed by atoms with Crippen LogP contribution in [0.5, 0.6) is 5.75 Å². The minimum Gasteiger partial charge on any atom is -0.405 e. The summed E-state index contributed by atoms with van der Waals surface area (Å²) in [6.45, 7) is 1.91. The molecule has 0 fully saturated rings. The van der Waals surface area contributed by atoms with Gasteiger partial charge in [-0.2, -0.15) is 4.57 Å². The van der Waals surface area contributed by atoms with Gasteiger partial charge in [0.15, 0.2) is 0 Å². The average molecular weight is 480 g/mol. The van der Waals surface area contributed by atoms with Crippen LogP contribution in [0.2, 0.25) is 0 Å². The van der Waals surface area contributed by atoms with Gasteiger partial charge in [0.05, 0.1) is 10.8 Å². The van der Waals surface area contributed by atoms with E-state index in [2.05, 4.69) is 14.0 Å². The Balaban J connectivity index is 1.97. The molecule has 5 aromatic rings. The van der Waals surface area contributed by atoms with Gasteiger partial charge >= 0.3 is 6.36 Å². The Morgan fingerprint density at radius 3 is 2.15 bits per heavy atom. The van der Waals surface area contributed by atoms with Gasteiger partial charge in [0, 0.05) is 35.4 Å². The Hall–Kier alpha value is -3.50. The number of aryl methyl sites for hydroxylation is 1. The molecule has 0 saturated carbocycles. The summed E-state index contributed by atoms with van der Waals surface area (Å²) in [5.74, 6) is -0.824. The first-order valence-corrected chi connectivity index (χ1v) is 11.1. The number of hydrogen-bond donors (Lipinski definition) is 0. The number of alkyl halides is 3. The highest BCUT2D eigenvalue weighted by Gasteiger charge is 2.33. The van der Waals surface area contributed by atoms with Crippen molar-refractivity contribution in [1.82, 2.24) is 0 Å². The van der Waals surface area contributed by atoms with Crippen LogP contribution in [0.25, 0.3) is 38.6 Å². The summed E-state index contributed by atoms with van der Waals surface area (Å²) < 4.78 is 60.6. The summed E-state index contributed by atoms with van der Waals surface area (Å²) in [5.41, 5.74) is 3.92. The van der Waals surface area contributed by atoms with Crippen LogP contribution < -0.4 is 14.6 Å². The molecular formula is C27H19F4NOP+. The number of para-hydroxylation sites is 1. The number of hydrogen-bond acceptors (Lipinski definition) is 1. The molecule has 1 heterocycles. The van der Waals surface area contributed by atoms with Crippen LogP contribution in [0.4, 0.5) is 17.6 Å². The fourth-order valence-corrected chi connectivity index (χ4v) is 4.49. The minimum atomic E-state index is -4.86. The van der Waals surface area contributed by atoms with Gasteiger partial charge in [-0.05, 0) is 48.6 Å². The lowest BCUT2D eigenvalue weighted by Gasteiger charge is -2.17. The second kappa shape index (κ2) is 8.37. The Kier molecular flexibility index (Phi) is 5.49. The molecule has 1 unspecified atom stereocenters. The zero-order valence-corrected chi connectivity index (χ0v) is 19.2. The third-order valence-electron chi connectivity index (χ3n) is 5.66. The Morgan fingerprint density at radius 1 is 0.794 bits per heavy atom. The molecule has 170 valence electrons. The lowest BCUT2D eigenvalue weighted by atomic mass is 9.93. The number of ether oxygens (including phenoxy) is 1. The molecule has 0 aliphatic heterocycles.